The van der Waals surface area contributed by atoms with Gasteiger partial charge in [-0.25, -0.2) is 28.8 Å². The SMILES string of the molecule is CC(=O)CCC(=O)C[C@H]1Cc2cc(C)cc(C(=O)O)c2OB1O.CC(=O)CCC(=O)C[C@H]1Cc2cc(C)cc(C(=O)O)c2OB1O.CC(=O)CCC(=O)C[C@H]1Cc2ccc(C)c(C(=O)O)c2OB1O.CC(=O)CCC(=O)C[C@H]1Cc2ccc(C)c(C(=O)O)c2OB1O.CC(=O)C[C@H]1Cc2ccc(C)c(C(=O)O)c2OB1O.CC(=O)C[C@H]1Cc2ccc(C)c(C(=O)O)c2OB1O. The number of carboxylic acid groups (broad SMARTS) is 6. The van der Waals surface area contributed by atoms with Gasteiger partial charge in [-0.1, -0.05) is 60.7 Å². The van der Waals surface area contributed by atoms with Gasteiger partial charge in [0.05, 0.1) is 0 Å². The second kappa shape index (κ2) is 47.4. The van der Waals surface area contributed by atoms with Crippen LogP contribution in [0.5, 0.6) is 34.5 Å². The lowest BCUT2D eigenvalue weighted by Crippen LogP contribution is -2.36. The first-order chi connectivity index (χ1) is 60.9. The first-order valence-electron chi connectivity index (χ1n) is 42.2. The van der Waals surface area contributed by atoms with Crippen LogP contribution in [0.15, 0.2) is 72.8 Å². The zero-order chi connectivity index (χ0) is 96.9. The van der Waals surface area contributed by atoms with Gasteiger partial charge in [-0.15, -0.1) is 0 Å². The molecule has 0 fully saturated rings. The highest BCUT2D eigenvalue weighted by atomic mass is 16.5. The molecule has 6 heterocycles. The van der Waals surface area contributed by atoms with Crippen LogP contribution in [0, 0.1) is 41.5 Å². The molecule has 6 aliphatic rings. The number of fused-ring (bicyclic) bond motifs is 6. The molecule has 6 atom stereocenters. The molecule has 0 aromatic heterocycles. The number of aromatic carboxylic acids is 6. The molecular formula is C90H106B6O34. The highest BCUT2D eigenvalue weighted by Crippen LogP contribution is 2.45. The molecule has 0 amide bonds. The smallest absolute Gasteiger partial charge is 0.526 e. The van der Waals surface area contributed by atoms with Gasteiger partial charge in [0.25, 0.3) is 0 Å². The summed E-state index contributed by atoms with van der Waals surface area (Å²) in [6.45, 7) is 18.9. The quantitative estimate of drug-likeness (QED) is 0.0186. The third-order valence-electron chi connectivity index (χ3n) is 22.6. The maximum atomic E-state index is 11.9. The van der Waals surface area contributed by atoms with E-state index in [1.165, 1.54) is 53.7 Å². The maximum Gasteiger partial charge on any atom is 0.526 e. The van der Waals surface area contributed by atoms with Crippen LogP contribution in [-0.2, 0) is 86.5 Å². The van der Waals surface area contributed by atoms with Crippen LogP contribution < -0.4 is 27.9 Å². The van der Waals surface area contributed by atoms with Gasteiger partial charge in [-0.05, 0) is 201 Å². The van der Waals surface area contributed by atoms with Crippen molar-refractivity contribution in [3.8, 4) is 34.5 Å². The number of carbonyl (C=O) groups is 16. The lowest BCUT2D eigenvalue weighted by molar-refractivity contribution is -0.123. The third-order valence-corrected chi connectivity index (χ3v) is 22.6. The number of carbonyl (C=O) groups excluding carboxylic acids is 10. The Balaban J connectivity index is 0.000000214. The molecule has 6 aliphatic heterocycles. The number of benzene rings is 6. The molecule has 0 radical (unpaired) electrons. The Morgan fingerprint density at radius 3 is 0.631 bits per heavy atom. The fourth-order valence-electron chi connectivity index (χ4n) is 16.0. The lowest BCUT2D eigenvalue weighted by atomic mass is 9.64. The minimum Gasteiger partial charge on any atom is -0.535 e. The Hall–Kier alpha value is -12.2. The molecule has 6 aromatic carbocycles. The Morgan fingerprint density at radius 1 is 0.254 bits per heavy atom. The molecular weight excluding hydrogens is 1690 g/mol. The van der Waals surface area contributed by atoms with E-state index in [2.05, 4.69) is 0 Å². The number of ketones is 10. The molecule has 130 heavy (non-hydrogen) atoms. The number of rotatable bonds is 30. The third kappa shape index (κ3) is 29.4. The van der Waals surface area contributed by atoms with Crippen LogP contribution in [0.25, 0.3) is 0 Å². The number of hydrogen-bond donors (Lipinski definition) is 12. The van der Waals surface area contributed by atoms with E-state index < -0.39 is 102 Å². The Labute approximate surface area is 752 Å². The number of aryl methyl sites for hydroxylation is 6. The maximum absolute atomic E-state index is 11.9. The first-order valence-corrected chi connectivity index (χ1v) is 42.2. The summed E-state index contributed by atoms with van der Waals surface area (Å²) in [5.74, 6) is -8.56. The molecule has 12 N–H and O–H groups in total. The molecule has 0 saturated heterocycles. The minimum atomic E-state index is -1.23. The van der Waals surface area contributed by atoms with E-state index in [-0.39, 0.29) is 227 Å². The monoisotopic (exact) mass is 1800 g/mol. The van der Waals surface area contributed by atoms with Crippen LogP contribution in [0.3, 0.4) is 0 Å². The molecule has 40 heteroatoms. The summed E-state index contributed by atoms with van der Waals surface area (Å²) in [5, 5.41) is 116. The van der Waals surface area contributed by atoms with Crippen molar-refractivity contribution in [1.82, 2.24) is 0 Å². The lowest BCUT2D eigenvalue weighted by Gasteiger charge is -2.28. The van der Waals surface area contributed by atoms with Gasteiger partial charge in [0.15, 0.2) is 0 Å². The van der Waals surface area contributed by atoms with Gasteiger partial charge in [-0.3, -0.25) is 19.2 Å². The molecule has 12 rings (SSSR count). The molecule has 0 saturated carbocycles. The molecule has 0 unspecified atom stereocenters. The molecule has 0 spiro atoms. The summed E-state index contributed by atoms with van der Waals surface area (Å²) < 4.78 is 32.2. The van der Waals surface area contributed by atoms with Crippen molar-refractivity contribution >= 4 is 136 Å². The summed E-state index contributed by atoms with van der Waals surface area (Å²) in [5.41, 5.74) is 8.26. The largest absolute Gasteiger partial charge is 0.535 e. The highest BCUT2D eigenvalue weighted by Gasteiger charge is 2.45. The van der Waals surface area contributed by atoms with Crippen LogP contribution >= 0.6 is 0 Å². The summed E-state index contributed by atoms with van der Waals surface area (Å²) in [4.78, 5) is 181. The minimum absolute atomic E-state index is 0.0143. The molecule has 34 nitrogen and oxygen atoms in total. The molecule has 6 aromatic rings. The van der Waals surface area contributed by atoms with Gasteiger partial charge < -0.3 is 117 Å². The van der Waals surface area contributed by atoms with Crippen molar-refractivity contribution < 1.29 is 165 Å². The van der Waals surface area contributed by atoms with E-state index >= 15 is 0 Å². The fraction of sp³-hybridized carbons (Fsp3) is 0.422. The fourth-order valence-corrected chi connectivity index (χ4v) is 16.0. The zero-order valence-corrected chi connectivity index (χ0v) is 74.3. The Kier molecular flexibility index (Phi) is 38.2. The topological polar surface area (TPSA) is 571 Å². The van der Waals surface area contributed by atoms with Gasteiger partial charge in [0.2, 0.25) is 0 Å². The average Bonchev–Trinajstić information content (AvgIpc) is 0.783. The average molecular weight is 1800 g/mol. The van der Waals surface area contributed by atoms with Crippen LogP contribution in [-0.4, -0.2) is 197 Å². The second-order valence-electron chi connectivity index (χ2n) is 33.8. The van der Waals surface area contributed by atoms with Crippen molar-refractivity contribution in [3.63, 3.8) is 0 Å². The molecule has 0 bridgehead atoms. The molecule has 0 aliphatic carbocycles. The highest BCUT2D eigenvalue weighted by molar-refractivity contribution is 6.49. The van der Waals surface area contributed by atoms with E-state index in [0.29, 0.717) is 83.0 Å². The predicted octanol–water partition coefficient (Wildman–Crippen LogP) is 10.1. The van der Waals surface area contributed by atoms with Gasteiger partial charge in [0, 0.05) is 125 Å². The van der Waals surface area contributed by atoms with Crippen molar-refractivity contribution in [1.29, 1.82) is 0 Å². The summed E-state index contributed by atoms with van der Waals surface area (Å²) in [6.07, 6.45) is 4.58. The second-order valence-corrected chi connectivity index (χ2v) is 33.8. The van der Waals surface area contributed by atoms with Gasteiger partial charge in [-0.2, -0.15) is 0 Å². The first kappa shape index (κ1) is 105. The number of Topliss-reactive ketones (excluding diaryl/α,β-unsaturated/α-hetero) is 10. The van der Waals surface area contributed by atoms with E-state index in [9.17, 15) is 137 Å². The van der Waals surface area contributed by atoms with Crippen LogP contribution in [0.4, 0.5) is 0 Å². The summed E-state index contributed by atoms with van der Waals surface area (Å²) in [7, 11) is -7.21. The standard InChI is InChI=1S/4C16H19BO6.2C13H15BO5/c2*1-9-3-5-11-7-12(8-13(19)6-4-10(2)18)17(22)23-15(11)14(9)16(20)21;2*1-9-5-11-7-12(8-13(19)4-3-10(2)18)17(22)23-15(11)14(6-9)16(20)21;2*1-7-3-4-9-6-10(5-8(2)15)14(18)19-12(9)11(7)13(16)17/h2*3,5,12,22H,4,6-8H2,1-2H3,(H,20,21);2*5-6,12,22H,3-4,7-8H2,1-2H3,(H,20,21);2*3-4,10,18H,5-6H2,1-2H3,(H,16,17)/t4*12-;2*10-/m111100/s1. The molecule has 688 valence electrons. The van der Waals surface area contributed by atoms with Gasteiger partial charge >= 0.3 is 78.5 Å². The summed E-state index contributed by atoms with van der Waals surface area (Å²) >= 11 is 0. The number of carboxylic acids is 6. The van der Waals surface area contributed by atoms with E-state index in [1.807, 2.05) is 0 Å². The summed E-state index contributed by atoms with van der Waals surface area (Å²) in [6, 6.07) is 20.5. The van der Waals surface area contributed by atoms with Crippen molar-refractivity contribution in [2.45, 2.75) is 246 Å². The predicted molar refractivity (Wildman–Crippen MR) is 474 cm³/mol. The van der Waals surface area contributed by atoms with Crippen LogP contribution in [0.1, 0.15) is 260 Å². The van der Waals surface area contributed by atoms with E-state index in [4.69, 9.17) is 27.9 Å². The van der Waals surface area contributed by atoms with Crippen LogP contribution in [0.2, 0.25) is 34.9 Å². The van der Waals surface area contributed by atoms with E-state index in [0.717, 1.165) is 22.3 Å². The number of hydrogen-bond acceptors (Lipinski definition) is 28. The van der Waals surface area contributed by atoms with Crippen molar-refractivity contribution in [3.05, 3.63) is 173 Å². The van der Waals surface area contributed by atoms with Crippen molar-refractivity contribution in [2.24, 2.45) is 0 Å². The Morgan fingerprint density at radius 2 is 0.446 bits per heavy atom. The van der Waals surface area contributed by atoms with E-state index in [1.54, 1.807) is 102 Å². The normalized spacial score (nSPS) is 16.8. The zero-order valence-electron chi connectivity index (χ0n) is 74.3. The van der Waals surface area contributed by atoms with Gasteiger partial charge in [0.1, 0.15) is 126 Å². The van der Waals surface area contributed by atoms with Crippen molar-refractivity contribution in [2.75, 3.05) is 0 Å². The Bertz CT molecular complexity index is 5050.